The molecule has 0 spiro atoms. The molecule has 2 aromatic carbocycles. The van der Waals surface area contributed by atoms with Crippen molar-refractivity contribution in [3.05, 3.63) is 58.7 Å². The van der Waals surface area contributed by atoms with E-state index in [1.807, 2.05) is 13.8 Å². The third kappa shape index (κ3) is 4.74. The van der Waals surface area contributed by atoms with E-state index in [4.69, 9.17) is 25.8 Å². The lowest BCUT2D eigenvalue weighted by atomic mass is 10.0. The summed E-state index contributed by atoms with van der Waals surface area (Å²) in [5.74, 6) is 0.518. The number of halogens is 1. The number of carbonyl (C=O) groups excluding carboxylic acids is 2. The normalized spacial score (nSPS) is 15.7. The molecule has 2 amide bonds. The van der Waals surface area contributed by atoms with E-state index in [-0.39, 0.29) is 30.2 Å². The Bertz CT molecular complexity index is 1050. The Labute approximate surface area is 191 Å². The van der Waals surface area contributed by atoms with Gasteiger partial charge >= 0.3 is 0 Å². The second-order valence-corrected chi connectivity index (χ2v) is 8.21. The third-order valence-corrected chi connectivity index (χ3v) is 5.34. The van der Waals surface area contributed by atoms with E-state index in [9.17, 15) is 9.59 Å². The van der Waals surface area contributed by atoms with Crippen LogP contribution < -0.4 is 14.8 Å². The fourth-order valence-electron chi connectivity index (χ4n) is 3.59. The van der Waals surface area contributed by atoms with E-state index < -0.39 is 0 Å². The molecule has 168 valence electrons. The van der Waals surface area contributed by atoms with Crippen molar-refractivity contribution in [1.82, 2.24) is 4.90 Å². The summed E-state index contributed by atoms with van der Waals surface area (Å²) < 4.78 is 16.7. The highest BCUT2D eigenvalue weighted by molar-refractivity contribution is 6.36. The lowest BCUT2D eigenvalue weighted by Gasteiger charge is -2.19. The number of amides is 2. The van der Waals surface area contributed by atoms with Gasteiger partial charge in [-0.15, -0.1) is 0 Å². The maximum atomic E-state index is 13.3. The SMILES string of the molecule is CC(C)OCCCN1C(=O)C(Nc2ccc3c(c2)OCCO3)=C(c2ccc(Cl)cc2)C1=O. The van der Waals surface area contributed by atoms with Crippen molar-refractivity contribution in [3.63, 3.8) is 0 Å². The molecule has 0 aliphatic carbocycles. The number of nitrogens with one attached hydrogen (secondary N) is 1. The second-order valence-electron chi connectivity index (χ2n) is 7.78. The molecular formula is C24H25ClN2O5. The molecule has 0 saturated heterocycles. The Kier molecular flexibility index (Phi) is 6.67. The second kappa shape index (κ2) is 9.63. The van der Waals surface area contributed by atoms with Crippen LogP contribution >= 0.6 is 11.6 Å². The lowest BCUT2D eigenvalue weighted by molar-refractivity contribution is -0.137. The number of imide groups is 1. The molecule has 0 aromatic heterocycles. The molecule has 0 saturated carbocycles. The molecule has 0 fully saturated rings. The van der Waals surface area contributed by atoms with Crippen molar-refractivity contribution in [2.24, 2.45) is 0 Å². The van der Waals surface area contributed by atoms with Gasteiger partial charge in [-0.1, -0.05) is 23.7 Å². The average molecular weight is 457 g/mol. The first-order chi connectivity index (χ1) is 15.4. The minimum absolute atomic E-state index is 0.0927. The molecule has 0 unspecified atom stereocenters. The maximum Gasteiger partial charge on any atom is 0.278 e. The summed E-state index contributed by atoms with van der Waals surface area (Å²) in [6.45, 7) is 5.58. The third-order valence-electron chi connectivity index (χ3n) is 5.09. The molecule has 4 rings (SSSR count). The van der Waals surface area contributed by atoms with Crippen molar-refractivity contribution in [2.45, 2.75) is 26.4 Å². The van der Waals surface area contributed by atoms with E-state index in [1.165, 1.54) is 4.90 Å². The fourth-order valence-corrected chi connectivity index (χ4v) is 3.71. The molecule has 2 aliphatic rings. The molecule has 1 N–H and O–H groups in total. The van der Waals surface area contributed by atoms with Crippen molar-refractivity contribution in [3.8, 4) is 11.5 Å². The molecule has 0 radical (unpaired) electrons. The van der Waals surface area contributed by atoms with Crippen LogP contribution in [0.4, 0.5) is 5.69 Å². The summed E-state index contributed by atoms with van der Waals surface area (Å²) in [6, 6.07) is 12.2. The van der Waals surface area contributed by atoms with Gasteiger partial charge in [0.05, 0.1) is 11.7 Å². The van der Waals surface area contributed by atoms with Gasteiger partial charge in [-0.25, -0.2) is 0 Å². The summed E-state index contributed by atoms with van der Waals surface area (Å²) >= 11 is 6.02. The van der Waals surface area contributed by atoms with Crippen LogP contribution in [0.15, 0.2) is 48.2 Å². The predicted octanol–water partition coefficient (Wildman–Crippen LogP) is 4.12. The van der Waals surface area contributed by atoms with Gasteiger partial charge in [-0.05, 0) is 50.1 Å². The van der Waals surface area contributed by atoms with E-state index in [1.54, 1.807) is 42.5 Å². The first kappa shape index (κ1) is 22.2. The Morgan fingerprint density at radius 1 is 1.03 bits per heavy atom. The molecule has 2 aliphatic heterocycles. The Hall–Kier alpha value is -3.03. The molecular weight excluding hydrogens is 432 g/mol. The number of carbonyl (C=O) groups is 2. The van der Waals surface area contributed by atoms with Crippen molar-refractivity contribution < 1.29 is 23.8 Å². The Morgan fingerprint density at radius 2 is 1.75 bits per heavy atom. The average Bonchev–Trinajstić information content (AvgIpc) is 3.01. The van der Waals surface area contributed by atoms with Crippen molar-refractivity contribution in [2.75, 3.05) is 31.7 Å². The summed E-state index contributed by atoms with van der Waals surface area (Å²) in [6.07, 6.45) is 0.649. The lowest BCUT2D eigenvalue weighted by Crippen LogP contribution is -2.34. The molecule has 2 heterocycles. The number of anilines is 1. The standard InChI is InChI=1S/C24H25ClN2O5/c1-15(2)30-11-3-10-27-23(28)21(16-4-6-17(25)7-5-16)22(24(27)29)26-18-8-9-19-20(14-18)32-13-12-31-19/h4-9,14-15,26H,3,10-13H2,1-2H3. The number of benzene rings is 2. The van der Waals surface area contributed by atoms with Crippen LogP contribution in [0.2, 0.25) is 5.02 Å². The predicted molar refractivity (Wildman–Crippen MR) is 122 cm³/mol. The molecule has 0 bridgehead atoms. The largest absolute Gasteiger partial charge is 0.486 e. The van der Waals surface area contributed by atoms with Crippen molar-refractivity contribution in [1.29, 1.82) is 0 Å². The van der Waals surface area contributed by atoms with Crippen LogP contribution in [0.5, 0.6) is 11.5 Å². The van der Waals surface area contributed by atoms with Gasteiger partial charge < -0.3 is 19.5 Å². The van der Waals surface area contributed by atoms with E-state index in [0.717, 1.165) is 0 Å². The highest BCUT2D eigenvalue weighted by atomic mass is 35.5. The van der Waals surface area contributed by atoms with Gasteiger partial charge in [0, 0.05) is 29.9 Å². The fraction of sp³-hybridized carbons (Fsp3) is 0.333. The highest BCUT2D eigenvalue weighted by Crippen LogP contribution is 2.35. The number of ether oxygens (including phenoxy) is 3. The first-order valence-corrected chi connectivity index (χ1v) is 11.0. The summed E-state index contributed by atoms with van der Waals surface area (Å²) in [5, 5.41) is 3.69. The van der Waals surface area contributed by atoms with E-state index >= 15 is 0 Å². The summed E-state index contributed by atoms with van der Waals surface area (Å²) in [7, 11) is 0. The smallest absolute Gasteiger partial charge is 0.278 e. The summed E-state index contributed by atoms with van der Waals surface area (Å²) in [4.78, 5) is 27.8. The van der Waals surface area contributed by atoms with Gasteiger partial charge in [0.15, 0.2) is 11.5 Å². The van der Waals surface area contributed by atoms with E-state index in [0.29, 0.717) is 59.6 Å². The van der Waals surface area contributed by atoms with Crippen LogP contribution in [0.1, 0.15) is 25.8 Å². The van der Waals surface area contributed by atoms with Gasteiger partial charge in [0.1, 0.15) is 18.9 Å². The zero-order chi connectivity index (χ0) is 22.7. The highest BCUT2D eigenvalue weighted by Gasteiger charge is 2.39. The minimum atomic E-state index is -0.376. The topological polar surface area (TPSA) is 77.1 Å². The molecule has 7 nitrogen and oxygen atoms in total. The van der Waals surface area contributed by atoms with Gasteiger partial charge in [-0.3, -0.25) is 14.5 Å². The zero-order valence-electron chi connectivity index (χ0n) is 18.0. The maximum absolute atomic E-state index is 13.3. The van der Waals surface area contributed by atoms with Gasteiger partial charge in [-0.2, -0.15) is 0 Å². The van der Waals surface area contributed by atoms with Crippen molar-refractivity contribution >= 4 is 34.7 Å². The summed E-state index contributed by atoms with van der Waals surface area (Å²) in [5.41, 5.74) is 1.78. The van der Waals surface area contributed by atoms with Gasteiger partial charge in [0.25, 0.3) is 11.8 Å². The van der Waals surface area contributed by atoms with Gasteiger partial charge in [0.2, 0.25) is 0 Å². The minimum Gasteiger partial charge on any atom is -0.486 e. The monoisotopic (exact) mass is 456 g/mol. The van der Waals surface area contributed by atoms with E-state index in [2.05, 4.69) is 5.32 Å². The van der Waals surface area contributed by atoms with Crippen LogP contribution in [-0.2, 0) is 14.3 Å². The van der Waals surface area contributed by atoms with Crippen LogP contribution in [-0.4, -0.2) is 49.2 Å². The number of rotatable bonds is 8. The van der Waals surface area contributed by atoms with Crippen LogP contribution in [0.25, 0.3) is 5.57 Å². The number of hydrogen-bond acceptors (Lipinski definition) is 6. The molecule has 8 heteroatoms. The number of nitrogens with zero attached hydrogens (tertiary/aromatic N) is 1. The van der Waals surface area contributed by atoms with Crippen LogP contribution in [0, 0.1) is 0 Å². The number of hydrogen-bond donors (Lipinski definition) is 1. The number of fused-ring (bicyclic) bond motifs is 1. The first-order valence-electron chi connectivity index (χ1n) is 10.6. The quantitative estimate of drug-likeness (QED) is 0.475. The molecule has 32 heavy (non-hydrogen) atoms. The Morgan fingerprint density at radius 3 is 2.47 bits per heavy atom. The zero-order valence-corrected chi connectivity index (χ0v) is 18.8. The molecule has 2 aromatic rings. The molecule has 0 atom stereocenters. The van der Waals surface area contributed by atoms with Crippen LogP contribution in [0.3, 0.4) is 0 Å². The Balaban J connectivity index is 1.62.